The molecule has 9 heteroatoms. The molecule has 1 saturated heterocycles. The fraction of sp³-hybridized carbons (Fsp3) is 0.611. The first-order chi connectivity index (χ1) is 13.1. The van der Waals surface area contributed by atoms with Gasteiger partial charge >= 0.3 is 0 Å². The lowest BCUT2D eigenvalue weighted by molar-refractivity contribution is -0.140. The topological polar surface area (TPSA) is 105 Å². The number of nitrogens with zero attached hydrogens (tertiary/aromatic N) is 5. The minimum atomic E-state index is -0.134. The number of rotatable bonds is 6. The van der Waals surface area contributed by atoms with Crippen LogP contribution in [0.2, 0.25) is 0 Å². The lowest BCUT2D eigenvalue weighted by Gasteiger charge is -2.18. The zero-order chi connectivity index (χ0) is 19.0. The van der Waals surface area contributed by atoms with Crippen LogP contribution in [0.1, 0.15) is 19.2 Å². The summed E-state index contributed by atoms with van der Waals surface area (Å²) in [7, 11) is 1.68. The third-order valence-corrected chi connectivity index (χ3v) is 5.86. The Bertz CT molecular complexity index is 769. The van der Waals surface area contributed by atoms with Gasteiger partial charge in [0.15, 0.2) is 11.8 Å². The number of fused-ring (bicyclic) bond motifs is 5. The highest BCUT2D eigenvalue weighted by molar-refractivity contribution is 6.06. The normalized spacial score (nSPS) is 29.0. The largest absolute Gasteiger partial charge is 0.355 e. The zero-order valence-corrected chi connectivity index (χ0v) is 15.6. The van der Waals surface area contributed by atoms with E-state index in [0.717, 1.165) is 18.8 Å². The van der Waals surface area contributed by atoms with Crippen molar-refractivity contribution in [1.82, 2.24) is 30.3 Å². The first-order valence-corrected chi connectivity index (χ1v) is 9.48. The minimum Gasteiger partial charge on any atom is -0.355 e. The van der Waals surface area contributed by atoms with Crippen LogP contribution in [0.25, 0.3) is 0 Å². The second kappa shape index (κ2) is 7.13. The fourth-order valence-corrected chi connectivity index (χ4v) is 4.53. The number of amides is 2. The molecule has 2 bridgehead atoms. The van der Waals surface area contributed by atoms with Crippen LogP contribution in [0.15, 0.2) is 23.5 Å². The number of likely N-dealkylation sites (tertiary alicyclic amines) is 1. The second-order valence-electron chi connectivity index (χ2n) is 7.21. The third kappa shape index (κ3) is 3.00. The summed E-state index contributed by atoms with van der Waals surface area (Å²) in [5.41, 5.74) is 0. The van der Waals surface area contributed by atoms with Crippen molar-refractivity contribution in [2.45, 2.75) is 26.4 Å². The molecule has 4 atom stereocenters. The molecule has 2 N–H and O–H groups in total. The molecule has 1 saturated carbocycles. The van der Waals surface area contributed by atoms with Gasteiger partial charge in [-0.3, -0.25) is 19.5 Å². The Hall–Kier alpha value is -2.71. The van der Waals surface area contributed by atoms with Crippen molar-refractivity contribution in [3.8, 4) is 0 Å². The highest BCUT2D eigenvalue weighted by Gasteiger charge is 2.58. The van der Waals surface area contributed by atoms with Gasteiger partial charge in [0.05, 0.1) is 18.4 Å². The maximum absolute atomic E-state index is 12.7. The average Bonchev–Trinajstić information content (AvgIpc) is 3.44. The van der Waals surface area contributed by atoms with Crippen LogP contribution >= 0.6 is 0 Å². The first-order valence-electron chi connectivity index (χ1n) is 9.48. The molecule has 1 aliphatic heterocycles. The number of nitrogens with one attached hydrogen (secondary N) is 2. The number of carbonyl (C=O) groups is 2. The number of aryl methyl sites for hydroxylation is 1. The van der Waals surface area contributed by atoms with Crippen LogP contribution in [-0.4, -0.2) is 57.6 Å². The van der Waals surface area contributed by atoms with Gasteiger partial charge in [0.2, 0.25) is 11.8 Å². The van der Waals surface area contributed by atoms with Crippen LogP contribution in [0.3, 0.4) is 0 Å². The Morgan fingerprint density at radius 1 is 1.22 bits per heavy atom. The van der Waals surface area contributed by atoms with E-state index in [1.54, 1.807) is 13.4 Å². The summed E-state index contributed by atoms with van der Waals surface area (Å²) in [6.07, 6.45) is 6.87. The van der Waals surface area contributed by atoms with Gasteiger partial charge in [0.1, 0.15) is 6.33 Å². The van der Waals surface area contributed by atoms with Crippen LogP contribution in [-0.2, 0) is 22.7 Å². The number of allylic oxidation sites excluding steroid dienone is 2. The van der Waals surface area contributed by atoms with Gasteiger partial charge < -0.3 is 15.2 Å². The van der Waals surface area contributed by atoms with Gasteiger partial charge in [0, 0.05) is 26.7 Å². The van der Waals surface area contributed by atoms with Gasteiger partial charge in [-0.15, -0.1) is 10.2 Å². The molecule has 2 heterocycles. The second-order valence-corrected chi connectivity index (χ2v) is 7.21. The van der Waals surface area contributed by atoms with Crippen molar-refractivity contribution in [1.29, 1.82) is 0 Å². The first kappa shape index (κ1) is 17.7. The Labute approximate surface area is 157 Å². The van der Waals surface area contributed by atoms with Gasteiger partial charge in [-0.05, 0) is 25.2 Å². The van der Waals surface area contributed by atoms with Crippen LogP contribution < -0.4 is 10.6 Å². The van der Waals surface area contributed by atoms with E-state index in [1.165, 1.54) is 4.90 Å². The van der Waals surface area contributed by atoms with Crippen LogP contribution in [0.4, 0.5) is 0 Å². The maximum Gasteiger partial charge on any atom is 0.233 e. The molecule has 0 spiro atoms. The Balaban J connectivity index is 1.28. The summed E-state index contributed by atoms with van der Waals surface area (Å²) in [5, 5.41) is 14.3. The lowest BCUT2D eigenvalue weighted by Crippen LogP contribution is -2.43. The van der Waals surface area contributed by atoms with Crippen LogP contribution in [0, 0.1) is 23.7 Å². The van der Waals surface area contributed by atoms with E-state index in [0.29, 0.717) is 25.6 Å². The molecule has 4 unspecified atom stereocenters. The van der Waals surface area contributed by atoms with Crippen molar-refractivity contribution < 1.29 is 9.59 Å². The molecule has 0 aromatic carbocycles. The number of hydrogen-bond acceptors (Lipinski definition) is 5. The van der Waals surface area contributed by atoms with Crippen molar-refractivity contribution in [2.75, 3.05) is 20.1 Å². The molecule has 2 aliphatic carbocycles. The standard InChI is InChI=1S/C18H25N7O2/c1-3-24-10-22-23-13(24)9-21-18(19-2)20-6-7-25-16(26)14-11-4-5-12(8-11)15(14)17(25)27/h4-5,10-12,14-15H,3,6-9H2,1-2H3,(H2,19,20,21). The average molecular weight is 371 g/mol. The molecule has 9 nitrogen and oxygen atoms in total. The van der Waals surface area contributed by atoms with Crippen molar-refractivity contribution >= 4 is 17.8 Å². The zero-order valence-electron chi connectivity index (χ0n) is 15.6. The molecule has 1 aromatic rings. The molecule has 3 aliphatic rings. The van der Waals surface area contributed by atoms with E-state index in [4.69, 9.17) is 0 Å². The molecule has 4 rings (SSSR count). The quantitative estimate of drug-likeness (QED) is 0.310. The third-order valence-electron chi connectivity index (χ3n) is 5.86. The van der Waals surface area contributed by atoms with Gasteiger partial charge in [-0.25, -0.2) is 0 Å². The van der Waals surface area contributed by atoms with E-state index in [1.807, 2.05) is 11.5 Å². The minimum absolute atomic E-state index is 0.0114. The summed E-state index contributed by atoms with van der Waals surface area (Å²) in [6.45, 7) is 4.14. The number of carbonyl (C=O) groups excluding carboxylic acids is 2. The SMILES string of the molecule is CCn1cnnc1CNC(=NC)NCCN1C(=O)C2C3C=CC(C3)C2C1=O. The molecule has 0 radical (unpaired) electrons. The van der Waals surface area contributed by atoms with Crippen molar-refractivity contribution in [3.05, 3.63) is 24.3 Å². The molecule has 2 amide bonds. The predicted octanol–water partition coefficient (Wildman–Crippen LogP) is -0.230. The Morgan fingerprint density at radius 3 is 2.56 bits per heavy atom. The van der Waals surface area contributed by atoms with Crippen molar-refractivity contribution in [3.63, 3.8) is 0 Å². The van der Waals surface area contributed by atoms with E-state index in [2.05, 4.69) is 38.0 Å². The van der Waals surface area contributed by atoms with Gasteiger partial charge in [-0.1, -0.05) is 12.2 Å². The monoisotopic (exact) mass is 371 g/mol. The van der Waals surface area contributed by atoms with E-state index in [9.17, 15) is 9.59 Å². The predicted molar refractivity (Wildman–Crippen MR) is 98.3 cm³/mol. The molecule has 27 heavy (non-hydrogen) atoms. The summed E-state index contributed by atoms with van der Waals surface area (Å²) in [5.74, 6) is 1.63. The Kier molecular flexibility index (Phi) is 4.67. The van der Waals surface area contributed by atoms with Gasteiger partial charge in [0.25, 0.3) is 0 Å². The summed E-state index contributed by atoms with van der Waals surface area (Å²) in [4.78, 5) is 30.9. The lowest BCUT2D eigenvalue weighted by atomic mass is 9.85. The van der Waals surface area contributed by atoms with Gasteiger partial charge in [-0.2, -0.15) is 0 Å². The van der Waals surface area contributed by atoms with E-state index in [-0.39, 0.29) is 35.5 Å². The van der Waals surface area contributed by atoms with E-state index < -0.39 is 0 Å². The van der Waals surface area contributed by atoms with Crippen molar-refractivity contribution in [2.24, 2.45) is 28.7 Å². The summed E-state index contributed by atoms with van der Waals surface area (Å²) < 4.78 is 1.95. The highest BCUT2D eigenvalue weighted by atomic mass is 16.2. The number of guanidine groups is 1. The molecular formula is C18H25N7O2. The summed E-state index contributed by atoms with van der Waals surface area (Å²) >= 11 is 0. The Morgan fingerprint density at radius 2 is 1.93 bits per heavy atom. The highest BCUT2D eigenvalue weighted by Crippen LogP contribution is 2.52. The summed E-state index contributed by atoms with van der Waals surface area (Å²) in [6, 6.07) is 0. The maximum atomic E-state index is 12.7. The van der Waals surface area contributed by atoms with E-state index >= 15 is 0 Å². The fourth-order valence-electron chi connectivity index (χ4n) is 4.53. The molecule has 1 aromatic heterocycles. The number of hydrogen-bond donors (Lipinski definition) is 2. The smallest absolute Gasteiger partial charge is 0.233 e. The molecule has 144 valence electrons. The molecule has 2 fully saturated rings. The van der Waals surface area contributed by atoms with Crippen LogP contribution in [0.5, 0.6) is 0 Å². The molecular weight excluding hydrogens is 346 g/mol. The number of aromatic nitrogens is 3. The number of imide groups is 1. The number of aliphatic imine (C=N–C) groups is 1.